The highest BCUT2D eigenvalue weighted by molar-refractivity contribution is 5.87. The van der Waals surface area contributed by atoms with E-state index in [9.17, 15) is 28.8 Å². The molecule has 0 aromatic rings. The first-order valence-corrected chi connectivity index (χ1v) is 16.5. The van der Waals surface area contributed by atoms with E-state index >= 15 is 0 Å². The van der Waals surface area contributed by atoms with Gasteiger partial charge >= 0.3 is 23.9 Å². The largest absolute Gasteiger partial charge is 0.460 e. The first-order valence-electron chi connectivity index (χ1n) is 16.5. The van der Waals surface area contributed by atoms with Crippen molar-refractivity contribution in [2.45, 2.75) is 66.0 Å². The van der Waals surface area contributed by atoms with E-state index in [1.807, 2.05) is 41.5 Å². The Morgan fingerprint density at radius 3 is 1.13 bits per heavy atom. The maximum atomic E-state index is 10.7. The third kappa shape index (κ3) is 62.7. The minimum Gasteiger partial charge on any atom is -0.460 e. The smallest absolute Gasteiger partial charge is 0.330 e. The molecule has 0 radical (unpaired) electrons. The molecule has 2 amide bonds. The second-order valence-electron chi connectivity index (χ2n) is 11.5. The van der Waals surface area contributed by atoms with E-state index in [4.69, 9.17) is 18.9 Å². The maximum Gasteiger partial charge on any atom is 0.330 e. The molecule has 0 heterocycles. The molecule has 0 aromatic heterocycles. The van der Waals surface area contributed by atoms with E-state index in [0.29, 0.717) is 19.8 Å². The molecule has 2 N–H and O–H groups in total. The molecule has 0 fully saturated rings. The lowest BCUT2D eigenvalue weighted by Gasteiger charge is -2.18. The van der Waals surface area contributed by atoms with Gasteiger partial charge in [-0.15, -0.1) is 0 Å². The summed E-state index contributed by atoms with van der Waals surface area (Å²) in [5, 5.41) is 5.25. The van der Waals surface area contributed by atoms with Crippen LogP contribution in [0.1, 0.15) is 54.9 Å². The zero-order valence-corrected chi connectivity index (χ0v) is 33.1. The van der Waals surface area contributed by atoms with Crippen molar-refractivity contribution in [3.05, 3.63) is 75.9 Å². The first-order chi connectivity index (χ1) is 24.7. The van der Waals surface area contributed by atoms with E-state index in [2.05, 4.69) is 71.2 Å². The van der Waals surface area contributed by atoms with Gasteiger partial charge in [-0.3, -0.25) is 9.59 Å². The number of carbonyl (C=O) groups excluding carboxylic acids is 6. The average molecular weight is 757 g/mol. The molecule has 0 rings (SSSR count). The number of carbonyl (C=O) groups is 6. The molecule has 53 heavy (non-hydrogen) atoms. The predicted molar refractivity (Wildman–Crippen MR) is 205 cm³/mol. The summed E-state index contributed by atoms with van der Waals surface area (Å²) in [5.74, 6) is -2.19. The Bertz CT molecular complexity index is 957. The van der Waals surface area contributed by atoms with Gasteiger partial charge in [0, 0.05) is 50.1 Å². The fourth-order valence-electron chi connectivity index (χ4n) is 2.27. The Kier molecular flexibility index (Phi) is 43.3. The van der Waals surface area contributed by atoms with E-state index in [1.165, 1.54) is 12.2 Å². The van der Waals surface area contributed by atoms with Gasteiger partial charge in [0.05, 0.1) is 26.4 Å². The van der Waals surface area contributed by atoms with Gasteiger partial charge in [0.15, 0.2) is 0 Å². The van der Waals surface area contributed by atoms with Crippen molar-refractivity contribution in [1.82, 2.24) is 10.6 Å². The highest BCUT2D eigenvalue weighted by atomic mass is 16.6. The number of ether oxygens (including phenoxy) is 7. The molecule has 0 saturated heterocycles. The number of amides is 2. The molecule has 304 valence electrons. The lowest BCUT2D eigenvalue weighted by atomic mass is 10.1. The standard InChI is InChI=1S/C10H15NO4.C10H14O5.C7H13NO.C7H12O2.C4H10O/c1-3-9(12)11-5-6-14-7-8-15-10(13)4-2;1-3-9(11)14-7-5-13-6-8-15-10(12)4-2;1-5-6(9)8-7(2,3)4;1-5-6(8)9-7(2,3)4;1-3-4-5-2/h3-4H,1-2,5-8H2,(H,11,12);3-4H,1-2,5-8H2;5H,1H2,2-4H3,(H,8,9);5H,1H2,2-4H3;3-4H2,1-2H3. The zero-order valence-electron chi connectivity index (χ0n) is 33.1. The highest BCUT2D eigenvalue weighted by Gasteiger charge is 2.13. The molecule has 0 spiro atoms. The lowest BCUT2D eigenvalue weighted by Crippen LogP contribution is -2.39. The SMILES string of the molecule is C=CC(=O)NC(C)(C)C.C=CC(=O)NCCOCCOC(=O)C=C.C=CC(=O)OC(C)(C)C.C=CC(=O)OCCOCCOC(=O)C=C.CCCOC. The average Bonchev–Trinajstić information content (AvgIpc) is 3.10. The fraction of sp³-hybridized carbons (Fsp3) is 0.526. The minimum atomic E-state index is -0.489. The fourth-order valence-corrected chi connectivity index (χ4v) is 2.27. The van der Waals surface area contributed by atoms with Gasteiger partial charge < -0.3 is 43.8 Å². The number of rotatable bonds is 20. The quantitative estimate of drug-likeness (QED) is 0.0781. The van der Waals surface area contributed by atoms with Crippen molar-refractivity contribution >= 4 is 35.7 Å². The van der Waals surface area contributed by atoms with Crippen molar-refractivity contribution in [1.29, 1.82) is 0 Å². The van der Waals surface area contributed by atoms with E-state index in [0.717, 1.165) is 37.3 Å². The molecular formula is C38H64N2O13. The van der Waals surface area contributed by atoms with Crippen LogP contribution in [0.5, 0.6) is 0 Å². The van der Waals surface area contributed by atoms with Crippen LogP contribution in [0.15, 0.2) is 75.9 Å². The molecule has 0 aliphatic heterocycles. The van der Waals surface area contributed by atoms with E-state index in [-0.39, 0.29) is 56.4 Å². The van der Waals surface area contributed by atoms with Gasteiger partial charge in [-0.1, -0.05) is 46.4 Å². The summed E-state index contributed by atoms with van der Waals surface area (Å²) >= 11 is 0. The summed E-state index contributed by atoms with van der Waals surface area (Å²) in [6.45, 7) is 35.9. The zero-order chi connectivity index (χ0) is 42.1. The van der Waals surface area contributed by atoms with Crippen molar-refractivity contribution < 1.29 is 61.9 Å². The summed E-state index contributed by atoms with van der Waals surface area (Å²) in [7, 11) is 1.71. The Balaban J connectivity index is -0.000000189. The first kappa shape index (κ1) is 57.5. The number of hydrogen-bond acceptors (Lipinski definition) is 13. The molecule has 0 saturated carbocycles. The number of esters is 4. The molecule has 0 bridgehead atoms. The normalized spacial score (nSPS) is 9.51. The predicted octanol–water partition coefficient (Wildman–Crippen LogP) is 4.14. The van der Waals surface area contributed by atoms with E-state index in [1.54, 1.807) is 7.11 Å². The lowest BCUT2D eigenvalue weighted by molar-refractivity contribution is -0.148. The van der Waals surface area contributed by atoms with Gasteiger partial charge in [-0.25, -0.2) is 19.2 Å². The number of nitrogens with one attached hydrogen (secondary N) is 2. The van der Waals surface area contributed by atoms with Crippen LogP contribution in [0.3, 0.4) is 0 Å². The molecule has 0 atom stereocenters. The molecular weight excluding hydrogens is 692 g/mol. The molecule has 15 nitrogen and oxygen atoms in total. The summed E-state index contributed by atoms with van der Waals surface area (Å²) in [5.41, 5.74) is -0.545. The van der Waals surface area contributed by atoms with Crippen molar-refractivity contribution in [3.8, 4) is 0 Å². The van der Waals surface area contributed by atoms with Crippen molar-refractivity contribution in [3.63, 3.8) is 0 Å². The van der Waals surface area contributed by atoms with Gasteiger partial charge in [0.2, 0.25) is 11.8 Å². The summed E-state index contributed by atoms with van der Waals surface area (Å²) in [6, 6.07) is 0. The Hall–Kier alpha value is -4.86. The van der Waals surface area contributed by atoms with Crippen LogP contribution in [-0.4, -0.2) is 113 Å². The van der Waals surface area contributed by atoms with Gasteiger partial charge in [-0.2, -0.15) is 0 Å². The van der Waals surface area contributed by atoms with Crippen LogP contribution in [0.25, 0.3) is 0 Å². The number of methoxy groups -OCH3 is 1. The van der Waals surface area contributed by atoms with Crippen molar-refractivity contribution in [2.24, 2.45) is 0 Å². The third-order valence-corrected chi connectivity index (χ3v) is 4.31. The Labute approximate surface area is 316 Å². The molecule has 15 heteroatoms. The number of hydrogen-bond donors (Lipinski definition) is 2. The van der Waals surface area contributed by atoms with Gasteiger partial charge in [-0.05, 0) is 60.1 Å². The Morgan fingerprint density at radius 2 is 0.906 bits per heavy atom. The Morgan fingerprint density at radius 1 is 0.528 bits per heavy atom. The summed E-state index contributed by atoms with van der Waals surface area (Å²) in [6.07, 6.45) is 7.97. The van der Waals surface area contributed by atoms with Crippen LogP contribution in [0.4, 0.5) is 0 Å². The topological polar surface area (TPSA) is 191 Å². The van der Waals surface area contributed by atoms with Crippen LogP contribution in [0, 0.1) is 0 Å². The van der Waals surface area contributed by atoms with Crippen LogP contribution in [0.2, 0.25) is 0 Å². The molecule has 0 aliphatic carbocycles. The monoisotopic (exact) mass is 756 g/mol. The van der Waals surface area contributed by atoms with Gasteiger partial charge in [0.1, 0.15) is 25.4 Å². The highest BCUT2D eigenvalue weighted by Crippen LogP contribution is 2.06. The molecule has 0 aromatic carbocycles. The van der Waals surface area contributed by atoms with Crippen LogP contribution in [-0.2, 0) is 61.9 Å². The molecule has 0 aliphatic rings. The third-order valence-electron chi connectivity index (χ3n) is 4.31. The summed E-state index contributed by atoms with van der Waals surface area (Å²) < 4.78 is 33.5. The summed E-state index contributed by atoms with van der Waals surface area (Å²) in [4.78, 5) is 63.4. The minimum absolute atomic E-state index is 0.123. The van der Waals surface area contributed by atoms with Crippen LogP contribution >= 0.6 is 0 Å². The van der Waals surface area contributed by atoms with Crippen LogP contribution < -0.4 is 10.6 Å². The second-order valence-corrected chi connectivity index (χ2v) is 11.5. The van der Waals surface area contributed by atoms with Crippen molar-refractivity contribution in [2.75, 3.05) is 66.5 Å². The molecule has 0 unspecified atom stereocenters. The maximum absolute atomic E-state index is 10.7. The van der Waals surface area contributed by atoms with Gasteiger partial charge in [0.25, 0.3) is 0 Å². The van der Waals surface area contributed by atoms with E-state index < -0.39 is 23.5 Å². The second kappa shape index (κ2) is 39.9.